The van der Waals surface area contributed by atoms with E-state index in [4.69, 9.17) is 17.3 Å². The molecule has 1 aliphatic carbocycles. The van der Waals surface area contributed by atoms with Gasteiger partial charge >= 0.3 is 0 Å². The predicted octanol–water partition coefficient (Wildman–Crippen LogP) is 2.41. The molecule has 1 fully saturated rings. The Morgan fingerprint density at radius 2 is 2.26 bits per heavy atom. The van der Waals surface area contributed by atoms with Gasteiger partial charge in [0.1, 0.15) is 11.0 Å². The van der Waals surface area contributed by atoms with Gasteiger partial charge in [-0.2, -0.15) is 0 Å². The lowest BCUT2D eigenvalue weighted by Gasteiger charge is -2.07. The maximum atomic E-state index is 5.87. The van der Waals surface area contributed by atoms with Gasteiger partial charge in [-0.25, -0.2) is 4.98 Å². The van der Waals surface area contributed by atoms with Crippen LogP contribution in [0.15, 0.2) is 23.5 Å². The number of thioether (sulfide) groups is 1. The summed E-state index contributed by atoms with van der Waals surface area (Å²) in [6.45, 7) is 0.436. The van der Waals surface area contributed by atoms with Crippen molar-refractivity contribution >= 4 is 23.4 Å². The summed E-state index contributed by atoms with van der Waals surface area (Å²) in [4.78, 5) is 3.97. The Balaban J connectivity index is 1.75. The van der Waals surface area contributed by atoms with E-state index in [0.717, 1.165) is 22.3 Å². The van der Waals surface area contributed by atoms with E-state index in [-0.39, 0.29) is 0 Å². The standard InChI is InChI=1S/C12H14ClN5S/c13-10-5-8(3-4-15-10)7-19-12-17-16-11(6-14)18(12)9-1-2-9/h3-5,9H,1-2,6-7,14H2. The number of rotatable bonds is 5. The highest BCUT2D eigenvalue weighted by atomic mass is 35.5. The third kappa shape index (κ3) is 2.91. The van der Waals surface area contributed by atoms with Crippen molar-refractivity contribution in [2.24, 2.45) is 5.73 Å². The highest BCUT2D eigenvalue weighted by molar-refractivity contribution is 7.98. The summed E-state index contributed by atoms with van der Waals surface area (Å²) in [6, 6.07) is 4.37. The number of halogens is 1. The summed E-state index contributed by atoms with van der Waals surface area (Å²) in [5.74, 6) is 1.68. The van der Waals surface area contributed by atoms with Crippen molar-refractivity contribution in [3.63, 3.8) is 0 Å². The van der Waals surface area contributed by atoms with Crippen LogP contribution in [0.5, 0.6) is 0 Å². The summed E-state index contributed by atoms with van der Waals surface area (Å²) in [5.41, 5.74) is 6.83. The predicted molar refractivity (Wildman–Crippen MR) is 75.0 cm³/mol. The summed E-state index contributed by atoms with van der Waals surface area (Å²) in [6.07, 6.45) is 4.11. The Hall–Kier alpha value is -1.11. The van der Waals surface area contributed by atoms with Crippen molar-refractivity contribution in [2.75, 3.05) is 0 Å². The number of nitrogens with zero attached hydrogens (tertiary/aromatic N) is 4. The smallest absolute Gasteiger partial charge is 0.191 e. The summed E-state index contributed by atoms with van der Waals surface area (Å²) < 4.78 is 2.17. The van der Waals surface area contributed by atoms with Gasteiger partial charge in [0, 0.05) is 18.0 Å². The van der Waals surface area contributed by atoms with Crippen LogP contribution in [0.25, 0.3) is 0 Å². The number of aromatic nitrogens is 4. The first-order valence-electron chi connectivity index (χ1n) is 6.15. The molecule has 1 aliphatic rings. The molecule has 7 heteroatoms. The van der Waals surface area contributed by atoms with Crippen molar-refractivity contribution in [1.29, 1.82) is 0 Å². The first-order chi connectivity index (χ1) is 9.28. The molecule has 2 heterocycles. The molecule has 1 saturated carbocycles. The molecule has 0 aromatic carbocycles. The summed E-state index contributed by atoms with van der Waals surface area (Å²) in [7, 11) is 0. The zero-order chi connectivity index (χ0) is 13.2. The van der Waals surface area contributed by atoms with Crippen LogP contribution in [-0.4, -0.2) is 19.7 Å². The molecule has 2 aromatic heterocycles. The van der Waals surface area contributed by atoms with Gasteiger partial charge in [0.15, 0.2) is 5.16 Å². The lowest BCUT2D eigenvalue weighted by molar-refractivity contribution is 0.626. The van der Waals surface area contributed by atoms with Gasteiger partial charge in [-0.1, -0.05) is 23.4 Å². The average Bonchev–Trinajstić information content (AvgIpc) is 3.17. The maximum absolute atomic E-state index is 5.87. The van der Waals surface area contributed by atoms with Gasteiger partial charge in [0.2, 0.25) is 0 Å². The highest BCUT2D eigenvalue weighted by Gasteiger charge is 2.29. The fourth-order valence-electron chi connectivity index (χ4n) is 1.92. The Bertz CT molecular complexity index is 581. The van der Waals surface area contributed by atoms with Gasteiger partial charge in [0.25, 0.3) is 0 Å². The highest BCUT2D eigenvalue weighted by Crippen LogP contribution is 2.39. The van der Waals surface area contributed by atoms with Gasteiger partial charge in [-0.3, -0.25) is 0 Å². The van der Waals surface area contributed by atoms with Crippen LogP contribution < -0.4 is 5.73 Å². The van der Waals surface area contributed by atoms with Crippen LogP contribution in [0, 0.1) is 0 Å². The van der Waals surface area contributed by atoms with Crippen molar-refractivity contribution in [3.05, 3.63) is 34.9 Å². The van der Waals surface area contributed by atoms with Crippen molar-refractivity contribution in [2.45, 2.75) is 36.3 Å². The van der Waals surface area contributed by atoms with Crippen LogP contribution in [0.2, 0.25) is 5.15 Å². The van der Waals surface area contributed by atoms with E-state index in [2.05, 4.69) is 19.7 Å². The molecule has 2 aromatic rings. The molecule has 0 bridgehead atoms. The SMILES string of the molecule is NCc1nnc(SCc2ccnc(Cl)c2)n1C1CC1. The number of hydrogen-bond acceptors (Lipinski definition) is 5. The van der Waals surface area contributed by atoms with Crippen LogP contribution in [0.1, 0.15) is 30.3 Å². The molecule has 0 unspecified atom stereocenters. The first-order valence-corrected chi connectivity index (χ1v) is 7.51. The van der Waals surface area contributed by atoms with E-state index < -0.39 is 0 Å². The number of nitrogens with two attached hydrogens (primary N) is 1. The Morgan fingerprint density at radius 1 is 1.42 bits per heavy atom. The number of hydrogen-bond donors (Lipinski definition) is 1. The van der Waals surface area contributed by atoms with E-state index in [0.29, 0.717) is 17.7 Å². The molecular formula is C12H14ClN5S. The lowest BCUT2D eigenvalue weighted by atomic mass is 10.3. The second-order valence-electron chi connectivity index (χ2n) is 4.48. The lowest BCUT2D eigenvalue weighted by Crippen LogP contribution is -2.08. The van der Waals surface area contributed by atoms with Crippen molar-refractivity contribution in [3.8, 4) is 0 Å². The Labute approximate surface area is 120 Å². The van der Waals surface area contributed by atoms with Crippen molar-refractivity contribution in [1.82, 2.24) is 19.7 Å². The first kappa shape index (κ1) is 12.9. The molecule has 0 atom stereocenters. The third-order valence-electron chi connectivity index (χ3n) is 2.99. The van der Waals surface area contributed by atoms with Crippen molar-refractivity contribution < 1.29 is 0 Å². The zero-order valence-electron chi connectivity index (χ0n) is 10.3. The fourth-order valence-corrected chi connectivity index (χ4v) is 3.09. The topological polar surface area (TPSA) is 69.6 Å². The molecule has 0 amide bonds. The largest absolute Gasteiger partial charge is 0.324 e. The van der Waals surface area contributed by atoms with Gasteiger partial charge in [-0.05, 0) is 30.5 Å². The van der Waals surface area contributed by atoms with Crippen LogP contribution in [0.4, 0.5) is 0 Å². The Morgan fingerprint density at radius 3 is 2.95 bits per heavy atom. The van der Waals surface area contributed by atoms with E-state index >= 15 is 0 Å². The molecule has 0 spiro atoms. The second kappa shape index (κ2) is 5.48. The summed E-state index contributed by atoms with van der Waals surface area (Å²) in [5, 5.41) is 9.85. The van der Waals surface area contributed by atoms with E-state index in [9.17, 15) is 0 Å². The minimum absolute atomic E-state index is 0.436. The minimum Gasteiger partial charge on any atom is -0.324 e. The molecule has 100 valence electrons. The monoisotopic (exact) mass is 295 g/mol. The zero-order valence-corrected chi connectivity index (χ0v) is 11.9. The van der Waals surface area contributed by atoms with E-state index in [1.165, 1.54) is 12.8 Å². The molecule has 19 heavy (non-hydrogen) atoms. The average molecular weight is 296 g/mol. The van der Waals surface area contributed by atoms with Crippen LogP contribution in [-0.2, 0) is 12.3 Å². The van der Waals surface area contributed by atoms with Crippen LogP contribution in [0.3, 0.4) is 0 Å². The van der Waals surface area contributed by atoms with Gasteiger partial charge < -0.3 is 10.3 Å². The fraction of sp³-hybridized carbons (Fsp3) is 0.417. The quantitative estimate of drug-likeness (QED) is 0.677. The molecule has 5 nitrogen and oxygen atoms in total. The second-order valence-corrected chi connectivity index (χ2v) is 5.81. The molecule has 2 N–H and O–H groups in total. The molecule has 3 rings (SSSR count). The van der Waals surface area contributed by atoms with Crippen LogP contribution >= 0.6 is 23.4 Å². The van der Waals surface area contributed by atoms with E-state index in [1.807, 2.05) is 12.1 Å². The van der Waals surface area contributed by atoms with Gasteiger partial charge in [-0.15, -0.1) is 10.2 Å². The minimum atomic E-state index is 0.436. The molecule has 0 aliphatic heterocycles. The van der Waals surface area contributed by atoms with E-state index in [1.54, 1.807) is 18.0 Å². The van der Waals surface area contributed by atoms with Gasteiger partial charge in [0.05, 0.1) is 6.54 Å². The third-order valence-corrected chi connectivity index (χ3v) is 4.21. The molecular weight excluding hydrogens is 282 g/mol. The molecule has 0 saturated heterocycles. The summed E-state index contributed by atoms with van der Waals surface area (Å²) >= 11 is 7.54. The Kier molecular flexibility index (Phi) is 3.72. The normalized spacial score (nSPS) is 14.8. The molecule has 0 radical (unpaired) electrons. The number of pyridine rings is 1. The maximum Gasteiger partial charge on any atom is 0.191 e.